The van der Waals surface area contributed by atoms with E-state index < -0.39 is 25.0 Å². The van der Waals surface area contributed by atoms with Crippen LogP contribution in [-0.4, -0.2) is 43.8 Å². The molecule has 0 aromatic rings. The van der Waals surface area contributed by atoms with Crippen LogP contribution in [0.5, 0.6) is 0 Å². The molecule has 12 heavy (non-hydrogen) atoms. The standard InChI is InChI=1S/C6H11F2NO3/c1-9-4(6(10)11)2-12-3-5(7)8/h4-5,9H,2-3H2,1H3,(H,10,11). The quantitative estimate of drug-likeness (QED) is 0.605. The van der Waals surface area contributed by atoms with Gasteiger partial charge in [0.05, 0.1) is 6.61 Å². The molecule has 1 atom stereocenters. The molecular formula is C6H11F2NO3. The van der Waals surface area contributed by atoms with E-state index in [1.165, 1.54) is 7.05 Å². The summed E-state index contributed by atoms with van der Waals surface area (Å²) in [6.07, 6.45) is -2.56. The summed E-state index contributed by atoms with van der Waals surface area (Å²) in [5, 5.41) is 10.8. The van der Waals surface area contributed by atoms with Gasteiger partial charge in [0.1, 0.15) is 12.6 Å². The molecule has 72 valence electrons. The van der Waals surface area contributed by atoms with Gasteiger partial charge in [-0.05, 0) is 7.05 Å². The van der Waals surface area contributed by atoms with E-state index in [0.29, 0.717) is 0 Å². The number of carbonyl (C=O) groups is 1. The third-order valence-corrected chi connectivity index (χ3v) is 1.17. The number of ether oxygens (including phenoxy) is 1. The van der Waals surface area contributed by atoms with Crippen molar-refractivity contribution in [2.24, 2.45) is 0 Å². The van der Waals surface area contributed by atoms with Gasteiger partial charge in [0, 0.05) is 0 Å². The smallest absolute Gasteiger partial charge is 0.323 e. The van der Waals surface area contributed by atoms with Crippen LogP contribution in [0.3, 0.4) is 0 Å². The highest BCUT2D eigenvalue weighted by atomic mass is 19.3. The fourth-order valence-corrected chi connectivity index (χ4v) is 0.553. The first-order valence-electron chi connectivity index (χ1n) is 3.34. The van der Waals surface area contributed by atoms with E-state index in [-0.39, 0.29) is 6.61 Å². The Labute approximate surface area is 68.5 Å². The highest BCUT2D eigenvalue weighted by Crippen LogP contribution is 1.93. The van der Waals surface area contributed by atoms with E-state index in [9.17, 15) is 13.6 Å². The lowest BCUT2D eigenvalue weighted by Gasteiger charge is -2.10. The van der Waals surface area contributed by atoms with Crippen molar-refractivity contribution in [1.82, 2.24) is 5.32 Å². The molecule has 0 aromatic carbocycles. The van der Waals surface area contributed by atoms with Crippen LogP contribution in [-0.2, 0) is 9.53 Å². The van der Waals surface area contributed by atoms with Gasteiger partial charge in [0.25, 0.3) is 6.43 Å². The fraction of sp³-hybridized carbons (Fsp3) is 0.833. The maximum Gasteiger partial charge on any atom is 0.323 e. The van der Waals surface area contributed by atoms with Crippen LogP contribution in [0.25, 0.3) is 0 Å². The minimum absolute atomic E-state index is 0.254. The van der Waals surface area contributed by atoms with Gasteiger partial charge in [-0.2, -0.15) is 0 Å². The molecule has 0 heterocycles. The minimum atomic E-state index is -2.56. The van der Waals surface area contributed by atoms with Gasteiger partial charge in [-0.1, -0.05) is 0 Å². The number of halogens is 2. The second-order valence-electron chi connectivity index (χ2n) is 2.11. The summed E-state index contributed by atoms with van der Waals surface area (Å²) >= 11 is 0. The molecule has 0 amide bonds. The van der Waals surface area contributed by atoms with Gasteiger partial charge in [-0.15, -0.1) is 0 Å². The van der Waals surface area contributed by atoms with Crippen LogP contribution in [0.1, 0.15) is 0 Å². The van der Waals surface area contributed by atoms with Gasteiger partial charge in [0.2, 0.25) is 0 Å². The third-order valence-electron chi connectivity index (χ3n) is 1.17. The van der Waals surface area contributed by atoms with Gasteiger partial charge in [-0.3, -0.25) is 4.79 Å². The Morgan fingerprint density at radius 1 is 1.58 bits per heavy atom. The van der Waals surface area contributed by atoms with Crippen molar-refractivity contribution in [1.29, 1.82) is 0 Å². The van der Waals surface area contributed by atoms with Crippen LogP contribution < -0.4 is 5.32 Å². The Hall–Kier alpha value is -0.750. The molecule has 0 aliphatic carbocycles. The van der Waals surface area contributed by atoms with Crippen molar-refractivity contribution in [2.75, 3.05) is 20.3 Å². The van der Waals surface area contributed by atoms with Crippen molar-refractivity contribution < 1.29 is 23.4 Å². The number of carboxylic acids is 1. The number of hydrogen-bond donors (Lipinski definition) is 2. The zero-order valence-corrected chi connectivity index (χ0v) is 6.59. The number of rotatable bonds is 6. The summed E-state index contributed by atoms with van der Waals surface area (Å²) in [5.74, 6) is -1.12. The lowest BCUT2D eigenvalue weighted by molar-refractivity contribution is -0.141. The maximum atomic E-state index is 11.5. The lowest BCUT2D eigenvalue weighted by Crippen LogP contribution is -2.38. The van der Waals surface area contributed by atoms with Crippen LogP contribution in [0.4, 0.5) is 8.78 Å². The average molecular weight is 183 g/mol. The van der Waals surface area contributed by atoms with E-state index in [4.69, 9.17) is 5.11 Å². The third kappa shape index (κ3) is 4.97. The summed E-state index contributed by atoms with van der Waals surface area (Å²) < 4.78 is 27.4. The zero-order valence-electron chi connectivity index (χ0n) is 6.59. The van der Waals surface area contributed by atoms with Crippen molar-refractivity contribution in [3.8, 4) is 0 Å². The minimum Gasteiger partial charge on any atom is -0.480 e. The van der Waals surface area contributed by atoms with Gasteiger partial charge < -0.3 is 15.2 Å². The molecule has 0 aliphatic heterocycles. The normalized spacial score (nSPS) is 13.3. The number of carboxylic acid groups (broad SMARTS) is 1. The molecule has 0 saturated heterocycles. The number of aliphatic carboxylic acids is 1. The van der Waals surface area contributed by atoms with Crippen LogP contribution >= 0.6 is 0 Å². The SMILES string of the molecule is CNC(COCC(F)F)C(=O)O. The summed E-state index contributed by atoms with van der Waals surface area (Å²) in [6, 6.07) is -0.927. The molecule has 2 N–H and O–H groups in total. The van der Waals surface area contributed by atoms with Gasteiger partial charge >= 0.3 is 5.97 Å². The molecule has 6 heteroatoms. The topological polar surface area (TPSA) is 58.6 Å². The number of likely N-dealkylation sites (N-methyl/N-ethyl adjacent to an activating group) is 1. The number of hydrogen-bond acceptors (Lipinski definition) is 3. The molecule has 0 saturated carbocycles. The molecule has 0 rings (SSSR count). The molecular weight excluding hydrogens is 172 g/mol. The first kappa shape index (κ1) is 11.2. The van der Waals surface area contributed by atoms with Crippen LogP contribution in [0.2, 0.25) is 0 Å². The zero-order chi connectivity index (χ0) is 9.56. The molecule has 0 aliphatic rings. The molecule has 0 aromatic heterocycles. The van der Waals surface area contributed by atoms with E-state index in [2.05, 4.69) is 10.1 Å². The van der Waals surface area contributed by atoms with Crippen LogP contribution in [0.15, 0.2) is 0 Å². The molecule has 0 fully saturated rings. The Bertz CT molecular complexity index is 143. The predicted octanol–water partition coefficient (Wildman–Crippen LogP) is -0.0593. The Balaban J connectivity index is 3.52. The highest BCUT2D eigenvalue weighted by molar-refractivity contribution is 5.73. The summed E-state index contributed by atoms with van der Waals surface area (Å²) in [5.41, 5.74) is 0. The van der Waals surface area contributed by atoms with E-state index in [1.807, 2.05) is 0 Å². The second kappa shape index (κ2) is 5.84. The van der Waals surface area contributed by atoms with E-state index >= 15 is 0 Å². The summed E-state index contributed by atoms with van der Waals surface area (Å²) in [7, 11) is 1.42. The van der Waals surface area contributed by atoms with Crippen LogP contribution in [0, 0.1) is 0 Å². The number of alkyl halides is 2. The predicted molar refractivity (Wildman–Crippen MR) is 37.3 cm³/mol. The first-order chi connectivity index (χ1) is 5.57. The molecule has 0 bridgehead atoms. The average Bonchev–Trinajstić information content (AvgIpc) is 1.96. The largest absolute Gasteiger partial charge is 0.480 e. The molecule has 0 radical (unpaired) electrons. The lowest BCUT2D eigenvalue weighted by atomic mass is 10.3. The monoisotopic (exact) mass is 183 g/mol. The van der Waals surface area contributed by atoms with Crippen molar-refractivity contribution >= 4 is 5.97 Å². The van der Waals surface area contributed by atoms with Crippen molar-refractivity contribution in [3.05, 3.63) is 0 Å². The van der Waals surface area contributed by atoms with Gasteiger partial charge in [0.15, 0.2) is 0 Å². The van der Waals surface area contributed by atoms with Gasteiger partial charge in [-0.25, -0.2) is 8.78 Å². The second-order valence-corrected chi connectivity index (χ2v) is 2.11. The summed E-state index contributed by atoms with van der Waals surface area (Å²) in [6.45, 7) is -0.984. The van der Waals surface area contributed by atoms with E-state index in [0.717, 1.165) is 0 Å². The first-order valence-corrected chi connectivity index (χ1v) is 3.34. The summed E-state index contributed by atoms with van der Waals surface area (Å²) in [4.78, 5) is 10.3. The Kier molecular flexibility index (Phi) is 5.48. The van der Waals surface area contributed by atoms with Crippen molar-refractivity contribution in [3.63, 3.8) is 0 Å². The van der Waals surface area contributed by atoms with Crippen molar-refractivity contribution in [2.45, 2.75) is 12.5 Å². The maximum absolute atomic E-state index is 11.5. The highest BCUT2D eigenvalue weighted by Gasteiger charge is 2.15. The Morgan fingerprint density at radius 2 is 2.17 bits per heavy atom. The fourth-order valence-electron chi connectivity index (χ4n) is 0.553. The molecule has 0 spiro atoms. The molecule has 1 unspecified atom stereocenters. The van der Waals surface area contributed by atoms with E-state index in [1.54, 1.807) is 0 Å². The number of nitrogens with one attached hydrogen (secondary N) is 1. The Morgan fingerprint density at radius 3 is 2.50 bits per heavy atom. The molecule has 4 nitrogen and oxygen atoms in total.